The lowest BCUT2D eigenvalue weighted by Crippen LogP contribution is -3.00. The minimum Gasteiger partial charge on any atom is -1.00 e. The zero-order valence-electron chi connectivity index (χ0n) is 16.6. The lowest BCUT2D eigenvalue weighted by atomic mass is 9.74. The second kappa shape index (κ2) is 6.58. The van der Waals surface area contributed by atoms with Crippen molar-refractivity contribution in [3.05, 3.63) is 59.7 Å². The SMILES string of the molecule is CC1(C(=O)OC2CC3CCC(C2)[N+]32CC2)c2ccccc2Oc2ccccc21.[Br-]. The van der Waals surface area contributed by atoms with Gasteiger partial charge in [0.15, 0.2) is 0 Å². The fourth-order valence-electron chi connectivity index (χ4n) is 6.19. The summed E-state index contributed by atoms with van der Waals surface area (Å²) in [6, 6.07) is 17.1. The van der Waals surface area contributed by atoms with Crippen molar-refractivity contribution >= 4 is 5.97 Å². The maximum Gasteiger partial charge on any atom is 0.321 e. The van der Waals surface area contributed by atoms with Gasteiger partial charge in [-0.2, -0.15) is 0 Å². The predicted octanol–water partition coefficient (Wildman–Crippen LogP) is 1.17. The van der Waals surface area contributed by atoms with Gasteiger partial charge in [-0.25, -0.2) is 0 Å². The number of para-hydroxylation sites is 2. The molecule has 0 amide bonds. The number of hydrogen-bond acceptors (Lipinski definition) is 3. The van der Waals surface area contributed by atoms with E-state index < -0.39 is 5.41 Å². The summed E-state index contributed by atoms with van der Waals surface area (Å²) in [7, 11) is 0. The zero-order chi connectivity index (χ0) is 18.9. The first kappa shape index (κ1) is 19.1. The van der Waals surface area contributed by atoms with Gasteiger partial charge in [0.1, 0.15) is 36.1 Å². The molecule has 0 N–H and O–H groups in total. The van der Waals surface area contributed by atoms with Crippen LogP contribution in [-0.2, 0) is 14.9 Å². The molecule has 4 aliphatic rings. The number of piperidine rings is 1. The summed E-state index contributed by atoms with van der Waals surface area (Å²) in [4.78, 5) is 13.6. The fraction of sp³-hybridized carbons (Fsp3) is 0.458. The van der Waals surface area contributed by atoms with Crippen LogP contribution in [0.4, 0.5) is 0 Å². The Morgan fingerprint density at radius 1 is 0.966 bits per heavy atom. The van der Waals surface area contributed by atoms with Crippen molar-refractivity contribution in [2.24, 2.45) is 0 Å². The molecular weight excluding hydrogens is 430 g/mol. The van der Waals surface area contributed by atoms with E-state index in [0.29, 0.717) is 12.1 Å². The van der Waals surface area contributed by atoms with Gasteiger partial charge in [0.25, 0.3) is 0 Å². The Morgan fingerprint density at radius 3 is 2.00 bits per heavy atom. The Morgan fingerprint density at radius 2 is 1.48 bits per heavy atom. The quantitative estimate of drug-likeness (QED) is 0.387. The number of benzene rings is 2. The van der Waals surface area contributed by atoms with Crippen LogP contribution < -0.4 is 21.7 Å². The van der Waals surface area contributed by atoms with E-state index in [9.17, 15) is 4.79 Å². The molecule has 2 bridgehead atoms. The van der Waals surface area contributed by atoms with Crippen molar-refractivity contribution in [1.29, 1.82) is 0 Å². The number of nitrogens with zero attached hydrogens (tertiary/aromatic N) is 1. The van der Waals surface area contributed by atoms with Crippen molar-refractivity contribution in [2.45, 2.75) is 56.2 Å². The molecule has 29 heavy (non-hydrogen) atoms. The molecule has 0 aromatic heterocycles. The van der Waals surface area contributed by atoms with Gasteiger partial charge in [-0.05, 0) is 19.1 Å². The third-order valence-corrected chi connectivity index (χ3v) is 7.85. The first-order valence-electron chi connectivity index (χ1n) is 10.6. The minimum atomic E-state index is -0.839. The number of carbonyl (C=O) groups is 1. The third kappa shape index (κ3) is 2.63. The molecule has 152 valence electrons. The highest BCUT2D eigenvalue weighted by molar-refractivity contribution is 5.90. The third-order valence-electron chi connectivity index (χ3n) is 7.85. The molecule has 3 fully saturated rings. The highest BCUT2D eigenvalue weighted by Crippen LogP contribution is 2.51. The first-order valence-corrected chi connectivity index (χ1v) is 10.6. The van der Waals surface area contributed by atoms with Crippen LogP contribution in [-0.4, -0.2) is 41.7 Å². The summed E-state index contributed by atoms with van der Waals surface area (Å²) in [5, 5.41) is 0. The monoisotopic (exact) mass is 455 g/mol. The van der Waals surface area contributed by atoms with E-state index in [4.69, 9.17) is 9.47 Å². The normalized spacial score (nSPS) is 29.1. The Bertz CT molecular complexity index is 909. The van der Waals surface area contributed by atoms with Crippen LogP contribution in [0.15, 0.2) is 48.5 Å². The van der Waals surface area contributed by atoms with Crippen molar-refractivity contribution in [3.8, 4) is 11.5 Å². The van der Waals surface area contributed by atoms with Gasteiger partial charge in [0.05, 0.1) is 12.1 Å². The number of quaternary nitrogens is 1. The second-order valence-electron chi connectivity index (χ2n) is 9.15. The molecule has 5 heteroatoms. The zero-order valence-corrected chi connectivity index (χ0v) is 18.2. The summed E-state index contributed by atoms with van der Waals surface area (Å²) in [6.45, 7) is 4.67. The summed E-state index contributed by atoms with van der Waals surface area (Å²) in [5.74, 6) is 1.36. The molecule has 4 heterocycles. The number of ether oxygens (including phenoxy) is 2. The largest absolute Gasteiger partial charge is 1.00 e. The average Bonchev–Trinajstić information content (AvgIpc) is 3.46. The van der Waals surface area contributed by atoms with Gasteiger partial charge >= 0.3 is 5.97 Å². The molecule has 2 atom stereocenters. The number of esters is 1. The molecule has 0 saturated carbocycles. The molecule has 2 unspecified atom stereocenters. The van der Waals surface area contributed by atoms with Gasteiger partial charge < -0.3 is 30.9 Å². The molecule has 6 rings (SSSR count). The minimum absolute atomic E-state index is 0. The number of halogens is 1. The summed E-state index contributed by atoms with van der Waals surface area (Å²) in [6.07, 6.45) is 4.70. The topological polar surface area (TPSA) is 35.5 Å². The van der Waals surface area contributed by atoms with Gasteiger partial charge in [-0.15, -0.1) is 0 Å². The average molecular weight is 456 g/mol. The van der Waals surface area contributed by atoms with Crippen LogP contribution >= 0.6 is 0 Å². The summed E-state index contributed by atoms with van der Waals surface area (Å²) >= 11 is 0. The molecule has 0 aliphatic carbocycles. The van der Waals surface area contributed by atoms with Gasteiger partial charge in [-0.3, -0.25) is 4.79 Å². The van der Waals surface area contributed by atoms with E-state index in [1.807, 2.05) is 55.5 Å². The van der Waals surface area contributed by atoms with Gasteiger partial charge in [-0.1, -0.05) is 36.4 Å². The second-order valence-corrected chi connectivity index (χ2v) is 9.15. The Labute approximate surface area is 182 Å². The van der Waals surface area contributed by atoms with E-state index in [1.165, 1.54) is 30.4 Å². The molecular formula is C24H26BrNO3. The number of fused-ring (bicyclic) bond motifs is 2. The molecule has 3 saturated heterocycles. The number of rotatable bonds is 2. The van der Waals surface area contributed by atoms with Crippen molar-refractivity contribution in [2.75, 3.05) is 13.1 Å². The van der Waals surface area contributed by atoms with Crippen LogP contribution in [0, 0.1) is 0 Å². The predicted molar refractivity (Wildman–Crippen MR) is 105 cm³/mol. The van der Waals surface area contributed by atoms with Crippen LogP contribution in [0.3, 0.4) is 0 Å². The van der Waals surface area contributed by atoms with Crippen LogP contribution in [0.2, 0.25) is 0 Å². The lowest BCUT2D eigenvalue weighted by Gasteiger charge is -2.39. The van der Waals surface area contributed by atoms with E-state index in [0.717, 1.165) is 35.5 Å². The number of hydrogen-bond donors (Lipinski definition) is 0. The molecule has 0 radical (unpaired) electrons. The highest BCUT2D eigenvalue weighted by atomic mass is 79.9. The van der Waals surface area contributed by atoms with Crippen molar-refractivity contribution in [3.63, 3.8) is 0 Å². The highest BCUT2D eigenvalue weighted by Gasteiger charge is 2.62. The van der Waals surface area contributed by atoms with Crippen LogP contribution in [0.5, 0.6) is 11.5 Å². The lowest BCUT2D eigenvalue weighted by molar-refractivity contribution is -0.846. The molecule has 2 aromatic carbocycles. The van der Waals surface area contributed by atoms with Gasteiger partial charge in [0, 0.05) is 36.8 Å². The maximum atomic E-state index is 13.6. The van der Waals surface area contributed by atoms with E-state index >= 15 is 0 Å². The first-order chi connectivity index (χ1) is 13.6. The van der Waals surface area contributed by atoms with E-state index in [-0.39, 0.29) is 29.1 Å². The van der Waals surface area contributed by atoms with Crippen molar-refractivity contribution < 1.29 is 35.7 Å². The van der Waals surface area contributed by atoms with E-state index in [1.54, 1.807) is 0 Å². The van der Waals surface area contributed by atoms with Crippen LogP contribution in [0.1, 0.15) is 43.7 Å². The smallest absolute Gasteiger partial charge is 0.321 e. The van der Waals surface area contributed by atoms with Crippen molar-refractivity contribution in [1.82, 2.24) is 0 Å². The molecule has 2 aromatic rings. The molecule has 4 nitrogen and oxygen atoms in total. The summed E-state index contributed by atoms with van der Waals surface area (Å²) in [5.41, 5.74) is 0.951. The Hall–Kier alpha value is -1.85. The molecule has 4 aliphatic heterocycles. The summed E-state index contributed by atoms with van der Waals surface area (Å²) < 4.78 is 13.7. The fourth-order valence-corrected chi connectivity index (χ4v) is 6.19. The van der Waals surface area contributed by atoms with E-state index in [2.05, 4.69) is 0 Å². The maximum absolute atomic E-state index is 13.6. The van der Waals surface area contributed by atoms with Crippen LogP contribution in [0.25, 0.3) is 0 Å². The molecule has 1 spiro atoms. The standard InChI is InChI=1S/C24H26NO3.BrH/c1-24(19-6-2-4-8-21(19)28-22-9-5-3-7-20(22)24)23(26)27-18-14-16-10-11-17(15-18)25(16)12-13-25;/h2-9,16-18H,10-15H2,1H3;1H/q+1;/p-1. The van der Waals surface area contributed by atoms with Gasteiger partial charge in [0.2, 0.25) is 0 Å². The Kier molecular flexibility index (Phi) is 4.34. The number of carbonyl (C=O) groups excluding carboxylic acids is 1. The Balaban J connectivity index is 0.00000181.